The van der Waals surface area contributed by atoms with Gasteiger partial charge >= 0.3 is 5.97 Å². The maximum atomic E-state index is 12.0. The summed E-state index contributed by atoms with van der Waals surface area (Å²) >= 11 is 3.51. The lowest BCUT2D eigenvalue weighted by Crippen LogP contribution is -2.07. The minimum atomic E-state index is -0.469. The molecule has 0 atom stereocenters. The van der Waals surface area contributed by atoms with Crippen molar-refractivity contribution in [1.82, 2.24) is 4.98 Å². The first kappa shape index (κ1) is 15.8. The number of carbonyl (C=O) groups is 1. The molecule has 0 saturated heterocycles. The van der Waals surface area contributed by atoms with Crippen LogP contribution in [0.2, 0.25) is 0 Å². The Morgan fingerprint density at radius 2 is 2.14 bits per heavy atom. The Bertz CT molecular complexity index is 662. The molecule has 5 heteroatoms. The lowest BCUT2D eigenvalue weighted by atomic mass is 10.1. The number of carbonyl (C=O) groups excluding carboxylic acids is 1. The molecule has 112 valence electrons. The summed E-state index contributed by atoms with van der Waals surface area (Å²) in [7, 11) is 0. The summed E-state index contributed by atoms with van der Waals surface area (Å²) < 4.78 is 11.6. The Kier molecular flexibility index (Phi) is 4.83. The van der Waals surface area contributed by atoms with Crippen molar-refractivity contribution in [2.75, 3.05) is 6.61 Å². The van der Waals surface area contributed by atoms with E-state index in [1.807, 2.05) is 39.0 Å². The second kappa shape index (κ2) is 6.43. The van der Waals surface area contributed by atoms with Crippen LogP contribution in [0.15, 0.2) is 27.1 Å². The van der Waals surface area contributed by atoms with E-state index in [2.05, 4.69) is 20.9 Å². The van der Waals surface area contributed by atoms with E-state index in [1.54, 1.807) is 6.92 Å². The molecule has 4 nitrogen and oxygen atoms in total. The minimum Gasteiger partial charge on any atom is -0.460 e. The molecule has 0 spiro atoms. The predicted octanol–water partition coefficient (Wildman–Crippen LogP) is 4.71. The standard InChI is InChI=1S/C16H18BrNO3/c1-5-20-16(19)14-13(9(2)3)18-15(21-14)11-7-6-10(4)8-12(11)17/h6-9H,5H2,1-4H3. The van der Waals surface area contributed by atoms with Crippen LogP contribution in [-0.2, 0) is 4.74 Å². The van der Waals surface area contributed by atoms with Crippen LogP contribution in [-0.4, -0.2) is 17.6 Å². The molecule has 0 aliphatic heterocycles. The van der Waals surface area contributed by atoms with Gasteiger partial charge in [0.15, 0.2) is 0 Å². The normalized spacial score (nSPS) is 11.0. The van der Waals surface area contributed by atoms with Crippen LogP contribution in [0, 0.1) is 6.92 Å². The van der Waals surface area contributed by atoms with Gasteiger partial charge in [0.1, 0.15) is 0 Å². The maximum Gasteiger partial charge on any atom is 0.376 e. The van der Waals surface area contributed by atoms with E-state index in [0.717, 1.165) is 15.6 Å². The Labute approximate surface area is 132 Å². The number of esters is 1. The fraction of sp³-hybridized carbons (Fsp3) is 0.375. The highest BCUT2D eigenvalue weighted by molar-refractivity contribution is 9.10. The fourth-order valence-corrected chi connectivity index (χ4v) is 2.64. The highest BCUT2D eigenvalue weighted by Gasteiger charge is 2.24. The zero-order chi connectivity index (χ0) is 15.6. The van der Waals surface area contributed by atoms with Gasteiger partial charge < -0.3 is 9.15 Å². The Morgan fingerprint density at radius 1 is 1.43 bits per heavy atom. The van der Waals surface area contributed by atoms with Crippen LogP contribution in [0.4, 0.5) is 0 Å². The number of aromatic nitrogens is 1. The van der Waals surface area contributed by atoms with Crippen LogP contribution in [0.3, 0.4) is 0 Å². The first-order valence-corrected chi connectivity index (χ1v) is 7.67. The third-order valence-electron chi connectivity index (χ3n) is 3.02. The average molecular weight is 352 g/mol. The van der Waals surface area contributed by atoms with Crippen molar-refractivity contribution in [1.29, 1.82) is 0 Å². The number of oxazole rings is 1. The zero-order valence-electron chi connectivity index (χ0n) is 12.6. The van der Waals surface area contributed by atoms with Gasteiger partial charge in [-0.25, -0.2) is 9.78 Å². The van der Waals surface area contributed by atoms with Gasteiger partial charge in [-0.15, -0.1) is 0 Å². The van der Waals surface area contributed by atoms with Gasteiger partial charge in [0, 0.05) is 4.47 Å². The van der Waals surface area contributed by atoms with Gasteiger partial charge in [-0.2, -0.15) is 0 Å². The van der Waals surface area contributed by atoms with E-state index < -0.39 is 5.97 Å². The highest BCUT2D eigenvalue weighted by Crippen LogP contribution is 2.32. The molecule has 1 aromatic heterocycles. The Morgan fingerprint density at radius 3 is 2.71 bits per heavy atom. The molecule has 0 aliphatic carbocycles. The Balaban J connectivity index is 2.51. The first-order chi connectivity index (χ1) is 9.93. The van der Waals surface area contributed by atoms with E-state index >= 15 is 0 Å². The smallest absolute Gasteiger partial charge is 0.376 e. The summed E-state index contributed by atoms with van der Waals surface area (Å²) in [6, 6.07) is 5.88. The van der Waals surface area contributed by atoms with Gasteiger partial charge in [-0.05, 0) is 53.4 Å². The molecule has 0 fully saturated rings. The molecular formula is C16H18BrNO3. The van der Waals surface area contributed by atoms with Crippen LogP contribution in [0.1, 0.15) is 48.5 Å². The molecule has 0 radical (unpaired) electrons. The summed E-state index contributed by atoms with van der Waals surface area (Å²) in [6.07, 6.45) is 0. The van der Waals surface area contributed by atoms with Gasteiger partial charge in [-0.1, -0.05) is 19.9 Å². The number of rotatable bonds is 4. The molecule has 1 aromatic carbocycles. The monoisotopic (exact) mass is 351 g/mol. The molecule has 2 rings (SSSR count). The van der Waals surface area contributed by atoms with Crippen molar-refractivity contribution in [3.8, 4) is 11.5 Å². The number of ether oxygens (including phenoxy) is 1. The minimum absolute atomic E-state index is 0.0751. The van der Waals surface area contributed by atoms with Crippen molar-refractivity contribution < 1.29 is 13.9 Å². The van der Waals surface area contributed by atoms with Gasteiger partial charge in [0.25, 0.3) is 0 Å². The third-order valence-corrected chi connectivity index (χ3v) is 3.67. The van der Waals surface area contributed by atoms with Crippen molar-refractivity contribution >= 4 is 21.9 Å². The van der Waals surface area contributed by atoms with Gasteiger partial charge in [-0.3, -0.25) is 0 Å². The molecule has 0 bridgehead atoms. The SMILES string of the molecule is CCOC(=O)c1oc(-c2ccc(C)cc2Br)nc1C(C)C. The van der Waals surface area contributed by atoms with E-state index in [1.165, 1.54) is 0 Å². The largest absolute Gasteiger partial charge is 0.460 e. The fourth-order valence-electron chi connectivity index (χ4n) is 1.97. The number of nitrogens with zero attached hydrogens (tertiary/aromatic N) is 1. The highest BCUT2D eigenvalue weighted by atomic mass is 79.9. The van der Waals surface area contributed by atoms with Crippen molar-refractivity contribution in [2.45, 2.75) is 33.6 Å². The summed E-state index contributed by atoms with van der Waals surface area (Å²) in [4.78, 5) is 16.5. The molecule has 0 N–H and O–H groups in total. The summed E-state index contributed by atoms with van der Waals surface area (Å²) in [5, 5.41) is 0. The molecule has 1 heterocycles. The number of aryl methyl sites for hydroxylation is 1. The molecule has 21 heavy (non-hydrogen) atoms. The average Bonchev–Trinajstić information content (AvgIpc) is 2.84. The number of halogens is 1. The second-order valence-corrected chi connectivity index (χ2v) is 5.95. The maximum absolute atomic E-state index is 12.0. The van der Waals surface area contributed by atoms with Crippen LogP contribution in [0.25, 0.3) is 11.5 Å². The molecule has 0 aliphatic rings. The first-order valence-electron chi connectivity index (χ1n) is 6.88. The number of benzene rings is 1. The lowest BCUT2D eigenvalue weighted by Gasteiger charge is -2.02. The molecule has 2 aromatic rings. The van der Waals surface area contributed by atoms with Crippen LogP contribution < -0.4 is 0 Å². The number of hydrogen-bond donors (Lipinski definition) is 0. The Hall–Kier alpha value is -1.62. The van der Waals surface area contributed by atoms with E-state index in [0.29, 0.717) is 18.2 Å². The van der Waals surface area contributed by atoms with E-state index in [9.17, 15) is 4.79 Å². The van der Waals surface area contributed by atoms with E-state index in [4.69, 9.17) is 9.15 Å². The van der Waals surface area contributed by atoms with Crippen molar-refractivity contribution in [2.24, 2.45) is 0 Å². The lowest BCUT2D eigenvalue weighted by molar-refractivity contribution is 0.0488. The van der Waals surface area contributed by atoms with Gasteiger partial charge in [0.2, 0.25) is 11.7 Å². The summed E-state index contributed by atoms with van der Waals surface area (Å²) in [5.74, 6) is 0.220. The van der Waals surface area contributed by atoms with Crippen LogP contribution >= 0.6 is 15.9 Å². The summed E-state index contributed by atoms with van der Waals surface area (Å²) in [5.41, 5.74) is 2.57. The van der Waals surface area contributed by atoms with Crippen molar-refractivity contribution in [3.63, 3.8) is 0 Å². The quantitative estimate of drug-likeness (QED) is 0.748. The number of hydrogen-bond acceptors (Lipinski definition) is 4. The second-order valence-electron chi connectivity index (χ2n) is 5.09. The molecule has 0 unspecified atom stereocenters. The summed E-state index contributed by atoms with van der Waals surface area (Å²) in [6.45, 7) is 8.01. The predicted molar refractivity (Wildman–Crippen MR) is 84.4 cm³/mol. The topological polar surface area (TPSA) is 52.3 Å². The van der Waals surface area contributed by atoms with E-state index in [-0.39, 0.29) is 11.7 Å². The molecule has 0 amide bonds. The van der Waals surface area contributed by atoms with Gasteiger partial charge in [0.05, 0.1) is 17.9 Å². The van der Waals surface area contributed by atoms with Crippen molar-refractivity contribution in [3.05, 3.63) is 39.7 Å². The third kappa shape index (κ3) is 3.35. The van der Waals surface area contributed by atoms with Crippen LogP contribution in [0.5, 0.6) is 0 Å². The zero-order valence-corrected chi connectivity index (χ0v) is 14.2. The molecule has 0 saturated carbocycles. The molecular weight excluding hydrogens is 334 g/mol.